The standard InChI is InChI=1S/C18H13BrCl2N4O/c19-14-4-1-12(2-5-14)11-25-8-7-17(24-25)18(26)23-22-10-13-3-6-15(20)9-16(13)21/h1-10H,11H2,(H,23,26)/b22-10+. The molecule has 0 atom stereocenters. The van der Waals surface area contributed by atoms with Gasteiger partial charge < -0.3 is 0 Å². The highest BCUT2D eigenvalue weighted by Crippen LogP contribution is 2.19. The normalized spacial score (nSPS) is 11.0. The van der Waals surface area contributed by atoms with E-state index in [1.54, 1.807) is 35.1 Å². The summed E-state index contributed by atoms with van der Waals surface area (Å²) in [5.74, 6) is -0.402. The molecule has 1 heterocycles. The van der Waals surface area contributed by atoms with Crippen LogP contribution in [0.3, 0.4) is 0 Å². The van der Waals surface area contributed by atoms with Gasteiger partial charge in [0.05, 0.1) is 17.8 Å². The van der Waals surface area contributed by atoms with E-state index in [-0.39, 0.29) is 5.69 Å². The summed E-state index contributed by atoms with van der Waals surface area (Å²) in [7, 11) is 0. The van der Waals surface area contributed by atoms with Gasteiger partial charge in [-0.25, -0.2) is 5.43 Å². The number of nitrogens with one attached hydrogen (secondary N) is 1. The van der Waals surface area contributed by atoms with Crippen LogP contribution in [0.25, 0.3) is 0 Å². The van der Waals surface area contributed by atoms with Crippen molar-refractivity contribution in [3.05, 3.63) is 86.1 Å². The summed E-state index contributed by atoms with van der Waals surface area (Å²) in [5, 5.41) is 9.15. The minimum Gasteiger partial charge on any atom is -0.268 e. The van der Waals surface area contributed by atoms with E-state index in [1.807, 2.05) is 24.3 Å². The lowest BCUT2D eigenvalue weighted by atomic mass is 10.2. The van der Waals surface area contributed by atoms with Crippen molar-refractivity contribution in [2.45, 2.75) is 6.54 Å². The zero-order valence-corrected chi connectivity index (χ0v) is 16.5. The van der Waals surface area contributed by atoms with Gasteiger partial charge in [-0.2, -0.15) is 10.2 Å². The molecular weight excluding hydrogens is 439 g/mol. The molecule has 2 aromatic carbocycles. The van der Waals surface area contributed by atoms with Gasteiger partial charge >= 0.3 is 0 Å². The van der Waals surface area contributed by atoms with Crippen molar-refractivity contribution in [2.75, 3.05) is 0 Å². The third-order valence-electron chi connectivity index (χ3n) is 3.46. The van der Waals surface area contributed by atoms with Crippen LogP contribution < -0.4 is 5.43 Å². The van der Waals surface area contributed by atoms with Crippen molar-refractivity contribution in [3.8, 4) is 0 Å². The second kappa shape index (κ2) is 8.49. The van der Waals surface area contributed by atoms with E-state index in [2.05, 4.69) is 31.6 Å². The van der Waals surface area contributed by atoms with Crippen molar-refractivity contribution >= 4 is 51.3 Å². The van der Waals surface area contributed by atoms with Crippen LogP contribution in [0.1, 0.15) is 21.6 Å². The van der Waals surface area contributed by atoms with Gasteiger partial charge in [-0.05, 0) is 35.9 Å². The Hall–Kier alpha value is -2.15. The Bertz CT molecular complexity index is 954. The number of hydrazone groups is 1. The first-order valence-electron chi connectivity index (χ1n) is 7.57. The van der Waals surface area contributed by atoms with Crippen LogP contribution >= 0.6 is 39.1 Å². The monoisotopic (exact) mass is 450 g/mol. The second-order valence-electron chi connectivity index (χ2n) is 5.39. The van der Waals surface area contributed by atoms with Gasteiger partial charge in [0.25, 0.3) is 5.91 Å². The summed E-state index contributed by atoms with van der Waals surface area (Å²) in [4.78, 5) is 12.1. The van der Waals surface area contributed by atoms with Crippen LogP contribution in [0.2, 0.25) is 10.0 Å². The van der Waals surface area contributed by atoms with Crippen molar-refractivity contribution < 1.29 is 4.79 Å². The minimum absolute atomic E-state index is 0.279. The molecule has 0 fully saturated rings. The van der Waals surface area contributed by atoms with Gasteiger partial charge in [0.15, 0.2) is 5.69 Å². The minimum atomic E-state index is -0.402. The molecule has 0 aliphatic carbocycles. The van der Waals surface area contributed by atoms with Crippen molar-refractivity contribution in [1.82, 2.24) is 15.2 Å². The molecule has 26 heavy (non-hydrogen) atoms. The highest BCUT2D eigenvalue weighted by Gasteiger charge is 2.09. The van der Waals surface area contributed by atoms with Crippen LogP contribution in [0.5, 0.6) is 0 Å². The Balaban J connectivity index is 1.61. The van der Waals surface area contributed by atoms with Gasteiger partial charge in [0.1, 0.15) is 0 Å². The fourth-order valence-corrected chi connectivity index (χ4v) is 2.89. The predicted molar refractivity (Wildman–Crippen MR) is 107 cm³/mol. The number of rotatable bonds is 5. The van der Waals surface area contributed by atoms with Gasteiger partial charge in [-0.1, -0.05) is 57.3 Å². The van der Waals surface area contributed by atoms with E-state index in [0.29, 0.717) is 22.2 Å². The number of carbonyl (C=O) groups is 1. The molecule has 0 radical (unpaired) electrons. The maximum Gasteiger partial charge on any atom is 0.291 e. The Labute approximate surface area is 168 Å². The Morgan fingerprint density at radius 1 is 1.19 bits per heavy atom. The number of nitrogens with zero attached hydrogens (tertiary/aromatic N) is 3. The van der Waals surface area contributed by atoms with E-state index in [9.17, 15) is 4.79 Å². The van der Waals surface area contributed by atoms with Crippen LogP contribution in [0, 0.1) is 0 Å². The zero-order chi connectivity index (χ0) is 18.5. The molecule has 132 valence electrons. The van der Waals surface area contributed by atoms with E-state index in [4.69, 9.17) is 23.2 Å². The summed E-state index contributed by atoms with van der Waals surface area (Å²) in [6.07, 6.45) is 3.20. The number of carbonyl (C=O) groups excluding carboxylic acids is 1. The molecule has 3 aromatic rings. The number of amides is 1. The molecule has 1 N–H and O–H groups in total. The van der Waals surface area contributed by atoms with Crippen LogP contribution in [0.4, 0.5) is 0 Å². The molecule has 5 nitrogen and oxygen atoms in total. The first-order chi connectivity index (χ1) is 12.5. The molecule has 1 aromatic heterocycles. The van der Waals surface area contributed by atoms with Crippen LogP contribution in [-0.2, 0) is 6.54 Å². The van der Waals surface area contributed by atoms with Gasteiger partial charge in [-0.15, -0.1) is 0 Å². The Morgan fingerprint density at radius 3 is 2.69 bits per heavy atom. The van der Waals surface area contributed by atoms with Gasteiger partial charge in [-0.3, -0.25) is 9.48 Å². The quantitative estimate of drug-likeness (QED) is 0.448. The van der Waals surface area contributed by atoms with Crippen molar-refractivity contribution in [3.63, 3.8) is 0 Å². The van der Waals surface area contributed by atoms with E-state index in [1.165, 1.54) is 6.21 Å². The number of benzene rings is 2. The van der Waals surface area contributed by atoms with Gasteiger partial charge in [0, 0.05) is 21.3 Å². The van der Waals surface area contributed by atoms with Crippen LogP contribution in [0.15, 0.2) is 64.3 Å². The summed E-state index contributed by atoms with van der Waals surface area (Å²) < 4.78 is 2.71. The Morgan fingerprint density at radius 2 is 1.96 bits per heavy atom. The zero-order valence-electron chi connectivity index (χ0n) is 13.4. The topological polar surface area (TPSA) is 59.3 Å². The fourth-order valence-electron chi connectivity index (χ4n) is 2.17. The molecule has 0 saturated heterocycles. The van der Waals surface area contributed by atoms with E-state index < -0.39 is 5.91 Å². The van der Waals surface area contributed by atoms with E-state index >= 15 is 0 Å². The second-order valence-corrected chi connectivity index (χ2v) is 7.15. The number of hydrogen-bond acceptors (Lipinski definition) is 3. The smallest absolute Gasteiger partial charge is 0.268 e. The molecule has 0 saturated carbocycles. The molecule has 0 spiro atoms. The lowest BCUT2D eigenvalue weighted by Crippen LogP contribution is -2.18. The van der Waals surface area contributed by atoms with E-state index in [0.717, 1.165) is 10.0 Å². The summed E-state index contributed by atoms with van der Waals surface area (Å²) in [5.41, 5.74) is 4.44. The number of halogens is 3. The van der Waals surface area contributed by atoms with Crippen molar-refractivity contribution in [1.29, 1.82) is 0 Å². The third-order valence-corrected chi connectivity index (χ3v) is 4.55. The molecule has 8 heteroatoms. The molecule has 0 aliphatic heterocycles. The molecular formula is C18H13BrCl2N4O. The highest BCUT2D eigenvalue weighted by molar-refractivity contribution is 9.10. The van der Waals surface area contributed by atoms with Gasteiger partial charge in [0.2, 0.25) is 0 Å². The summed E-state index contributed by atoms with van der Waals surface area (Å²) in [6.45, 7) is 0.574. The Kier molecular flexibility index (Phi) is 6.08. The molecule has 0 aliphatic rings. The SMILES string of the molecule is O=C(N/N=C/c1ccc(Cl)cc1Cl)c1ccn(Cc2ccc(Br)cc2)n1. The summed E-state index contributed by atoms with van der Waals surface area (Å²) in [6, 6.07) is 14.6. The predicted octanol–water partition coefficient (Wildman–Crippen LogP) is 4.76. The maximum absolute atomic E-state index is 12.1. The summed E-state index contributed by atoms with van der Waals surface area (Å²) >= 11 is 15.3. The molecule has 0 bridgehead atoms. The maximum atomic E-state index is 12.1. The molecule has 1 amide bonds. The lowest BCUT2D eigenvalue weighted by molar-refractivity contribution is 0.0949. The lowest BCUT2D eigenvalue weighted by Gasteiger charge is -2.02. The average Bonchev–Trinajstić information content (AvgIpc) is 3.07. The fraction of sp³-hybridized carbons (Fsp3) is 0.0556. The molecule has 3 rings (SSSR count). The first kappa shape index (κ1) is 18.6. The highest BCUT2D eigenvalue weighted by atomic mass is 79.9. The average molecular weight is 452 g/mol. The number of hydrogen-bond donors (Lipinski definition) is 1. The number of aromatic nitrogens is 2. The first-order valence-corrected chi connectivity index (χ1v) is 9.12. The molecule has 0 unspecified atom stereocenters. The largest absolute Gasteiger partial charge is 0.291 e. The van der Waals surface area contributed by atoms with Crippen molar-refractivity contribution in [2.24, 2.45) is 5.10 Å². The third kappa shape index (κ3) is 4.94. The van der Waals surface area contributed by atoms with Crippen LogP contribution in [-0.4, -0.2) is 21.9 Å².